The van der Waals surface area contributed by atoms with Crippen LogP contribution >= 0.6 is 0 Å². The number of para-hydroxylation sites is 2. The van der Waals surface area contributed by atoms with Gasteiger partial charge in [0.2, 0.25) is 5.52 Å². The maximum atomic E-state index is 13.3. The van der Waals surface area contributed by atoms with E-state index < -0.39 is 0 Å². The Labute approximate surface area is 171 Å². The van der Waals surface area contributed by atoms with E-state index in [-0.39, 0.29) is 0 Å². The molecule has 0 fully saturated rings. The molecule has 0 aliphatic carbocycles. The van der Waals surface area contributed by atoms with Crippen molar-refractivity contribution in [2.24, 2.45) is 0 Å². The first-order valence-corrected chi connectivity index (χ1v) is 9.88. The maximum Gasteiger partial charge on any atom is 0.395 e. The van der Waals surface area contributed by atoms with Gasteiger partial charge in [0.25, 0.3) is 0 Å². The van der Waals surface area contributed by atoms with Gasteiger partial charge in [-0.15, -0.1) is 4.73 Å². The summed E-state index contributed by atoms with van der Waals surface area (Å²) in [7, 11) is 0. The fourth-order valence-electron chi connectivity index (χ4n) is 4.70. The summed E-state index contributed by atoms with van der Waals surface area (Å²) in [6, 6.07) is 28.0. The van der Waals surface area contributed by atoms with Crippen molar-refractivity contribution in [3.63, 3.8) is 0 Å². The molecule has 0 N–H and O–H groups in total. The van der Waals surface area contributed by atoms with Crippen molar-refractivity contribution in [3.05, 3.63) is 90.1 Å². The van der Waals surface area contributed by atoms with Crippen LogP contribution in [0.15, 0.2) is 84.9 Å². The fourth-order valence-corrected chi connectivity index (χ4v) is 4.70. The van der Waals surface area contributed by atoms with Gasteiger partial charge in [-0.05, 0) is 23.6 Å². The molecular formula is C26H14N2O2. The molecule has 0 amide bonds. The molecule has 4 heteroatoms. The Balaban J connectivity index is 1.85. The maximum absolute atomic E-state index is 13.3. The number of rotatable bonds is 0. The van der Waals surface area contributed by atoms with Gasteiger partial charge in [-0.25, -0.2) is 4.98 Å². The minimum Gasteiger partial charge on any atom is -0.616 e. The molecule has 0 radical (unpaired) electrons. The molecule has 1 aliphatic rings. The molecule has 0 bridgehead atoms. The zero-order valence-electron chi connectivity index (χ0n) is 15.8. The summed E-state index contributed by atoms with van der Waals surface area (Å²) in [5, 5.41) is 19.2. The normalized spacial score (nSPS) is 12.4. The molecule has 0 unspecified atom stereocenters. The number of hydrogen-bond donors (Lipinski definition) is 0. The van der Waals surface area contributed by atoms with Gasteiger partial charge in [-0.2, -0.15) is 0 Å². The van der Waals surface area contributed by atoms with Crippen LogP contribution in [0.25, 0.3) is 54.6 Å². The van der Waals surface area contributed by atoms with E-state index in [2.05, 4.69) is 24.3 Å². The summed E-state index contributed by atoms with van der Waals surface area (Å²) in [4.78, 5) is 5.12. The third-order valence-corrected chi connectivity index (χ3v) is 6.02. The molecule has 0 saturated heterocycles. The summed E-state index contributed by atoms with van der Waals surface area (Å²) in [6.07, 6.45) is 0. The van der Waals surface area contributed by atoms with Crippen LogP contribution in [0, 0.1) is 5.21 Å². The second-order valence-electron chi connectivity index (χ2n) is 7.61. The Morgan fingerprint density at radius 1 is 0.700 bits per heavy atom. The number of ether oxygens (including phenoxy) is 1. The van der Waals surface area contributed by atoms with Crippen LogP contribution in [0.1, 0.15) is 0 Å². The van der Waals surface area contributed by atoms with E-state index in [4.69, 9.17) is 9.72 Å². The molecule has 4 nitrogen and oxygen atoms in total. The average molecular weight is 386 g/mol. The molecule has 0 spiro atoms. The zero-order valence-corrected chi connectivity index (χ0v) is 15.8. The third-order valence-electron chi connectivity index (χ3n) is 6.02. The number of fused-ring (bicyclic) bond motifs is 8. The first kappa shape index (κ1) is 15.7. The molecule has 1 aliphatic heterocycles. The number of nitrogens with zero attached hydrogens (tertiary/aromatic N) is 2. The average Bonchev–Trinajstić information content (AvgIpc) is 2.81. The molecule has 4 aromatic carbocycles. The van der Waals surface area contributed by atoms with Crippen molar-refractivity contribution in [1.82, 2.24) is 4.98 Å². The number of aromatic nitrogens is 2. The molecule has 6 aromatic rings. The predicted molar refractivity (Wildman–Crippen MR) is 119 cm³/mol. The van der Waals surface area contributed by atoms with E-state index in [1.807, 2.05) is 60.7 Å². The molecule has 30 heavy (non-hydrogen) atoms. The summed E-state index contributed by atoms with van der Waals surface area (Å²) in [6.45, 7) is 0. The third kappa shape index (κ3) is 1.85. The van der Waals surface area contributed by atoms with E-state index in [0.717, 1.165) is 53.8 Å². The molecular weight excluding hydrogens is 372 g/mol. The van der Waals surface area contributed by atoms with Gasteiger partial charge >= 0.3 is 5.88 Å². The minimum atomic E-state index is 0.292. The quantitative estimate of drug-likeness (QED) is 0.180. The second-order valence-corrected chi connectivity index (χ2v) is 7.61. The van der Waals surface area contributed by atoms with Crippen LogP contribution < -0.4 is 9.47 Å². The lowest BCUT2D eigenvalue weighted by atomic mass is 9.94. The standard InChI is InChI=1S/C26H14N2O2/c29-28-20-11-5-3-9-17(20)22-19-14-13-15-7-1-2-8-16(15)24(19)27-25-18-10-4-6-12-21(18)30-26(28)23(22)25/h1-14H. The summed E-state index contributed by atoms with van der Waals surface area (Å²) in [5.41, 5.74) is 3.22. The van der Waals surface area contributed by atoms with Crippen molar-refractivity contribution < 1.29 is 9.47 Å². The van der Waals surface area contributed by atoms with E-state index in [0.29, 0.717) is 17.1 Å². The Morgan fingerprint density at radius 3 is 2.40 bits per heavy atom. The molecule has 2 aromatic heterocycles. The highest BCUT2D eigenvalue weighted by Gasteiger charge is 2.31. The first-order chi connectivity index (χ1) is 14.8. The molecule has 0 saturated carbocycles. The number of pyridine rings is 2. The number of hydrogen-bond acceptors (Lipinski definition) is 3. The fraction of sp³-hybridized carbons (Fsp3) is 0. The summed E-state index contributed by atoms with van der Waals surface area (Å²) >= 11 is 0. The van der Waals surface area contributed by atoms with Crippen LogP contribution in [0.4, 0.5) is 0 Å². The van der Waals surface area contributed by atoms with Gasteiger partial charge in [0.05, 0.1) is 16.6 Å². The van der Waals surface area contributed by atoms with E-state index >= 15 is 0 Å². The predicted octanol–water partition coefficient (Wildman–Crippen LogP) is 6.10. The van der Waals surface area contributed by atoms with E-state index in [1.165, 1.54) is 0 Å². The minimum absolute atomic E-state index is 0.292. The van der Waals surface area contributed by atoms with Crippen molar-refractivity contribution in [1.29, 1.82) is 0 Å². The molecule has 3 heterocycles. The van der Waals surface area contributed by atoms with Crippen molar-refractivity contribution in [3.8, 4) is 22.9 Å². The van der Waals surface area contributed by atoms with Gasteiger partial charge in [-0.1, -0.05) is 60.7 Å². The van der Waals surface area contributed by atoms with Crippen molar-refractivity contribution in [2.45, 2.75) is 0 Å². The van der Waals surface area contributed by atoms with Gasteiger partial charge < -0.3 is 9.94 Å². The molecule has 140 valence electrons. The summed E-state index contributed by atoms with van der Waals surface area (Å²) < 4.78 is 7.03. The Kier molecular flexibility index (Phi) is 2.86. The van der Waals surface area contributed by atoms with Crippen LogP contribution in [-0.2, 0) is 0 Å². The Morgan fingerprint density at radius 2 is 1.47 bits per heavy atom. The van der Waals surface area contributed by atoms with Crippen LogP contribution in [0.2, 0.25) is 0 Å². The molecule has 0 atom stereocenters. The van der Waals surface area contributed by atoms with Crippen LogP contribution in [0.5, 0.6) is 11.6 Å². The summed E-state index contributed by atoms with van der Waals surface area (Å²) in [5.74, 6) is 0.943. The number of benzene rings is 4. The van der Waals surface area contributed by atoms with Gasteiger partial charge in [0.15, 0.2) is 0 Å². The van der Waals surface area contributed by atoms with Crippen molar-refractivity contribution in [2.75, 3.05) is 0 Å². The lowest BCUT2D eigenvalue weighted by Crippen LogP contribution is -2.30. The SMILES string of the molecule is [O-][n+]1c2c3c(nc4c5ccccc5ccc4c3c3ccccc31)-c1ccccc1O2. The lowest BCUT2D eigenvalue weighted by Gasteiger charge is -2.21. The zero-order chi connectivity index (χ0) is 19.8. The Hall–Kier alpha value is -4.18. The lowest BCUT2D eigenvalue weighted by molar-refractivity contribution is -0.582. The van der Waals surface area contributed by atoms with Gasteiger partial charge in [-0.3, -0.25) is 0 Å². The smallest absolute Gasteiger partial charge is 0.395 e. The largest absolute Gasteiger partial charge is 0.616 e. The van der Waals surface area contributed by atoms with Gasteiger partial charge in [0.1, 0.15) is 11.1 Å². The van der Waals surface area contributed by atoms with Crippen molar-refractivity contribution >= 4 is 43.4 Å². The second kappa shape index (κ2) is 5.45. The van der Waals surface area contributed by atoms with Crippen LogP contribution in [-0.4, -0.2) is 4.98 Å². The molecule has 7 rings (SSSR count). The van der Waals surface area contributed by atoms with E-state index in [1.54, 1.807) is 0 Å². The highest BCUT2D eigenvalue weighted by Crippen LogP contribution is 2.48. The van der Waals surface area contributed by atoms with E-state index in [9.17, 15) is 5.21 Å². The monoisotopic (exact) mass is 386 g/mol. The highest BCUT2D eigenvalue weighted by atomic mass is 16.6. The first-order valence-electron chi connectivity index (χ1n) is 9.88. The highest BCUT2D eigenvalue weighted by molar-refractivity contribution is 6.26. The topological polar surface area (TPSA) is 49.1 Å². The van der Waals surface area contributed by atoms with Crippen LogP contribution in [0.3, 0.4) is 0 Å². The van der Waals surface area contributed by atoms with Gasteiger partial charge in [0, 0.05) is 27.8 Å². The Bertz CT molecular complexity index is 1690.